The third kappa shape index (κ3) is 7.13. The molecule has 0 aromatic heterocycles. The highest BCUT2D eigenvalue weighted by Gasteiger charge is 2.11. The molecule has 1 amide bonds. The van der Waals surface area contributed by atoms with Gasteiger partial charge in [0, 0.05) is 6.54 Å². The standard InChI is InChI=1S/C14H18BrNO4/c15-12(13(17)18)8-4-5-9-16-14(19)20-10-11-6-2-1-3-7-11/h1-3,6-7,12H,4-5,8-10H2,(H,16,19)(H,17,18). The largest absolute Gasteiger partial charge is 0.480 e. The molecule has 0 aliphatic rings. The van der Waals surface area contributed by atoms with Crippen LogP contribution in [-0.2, 0) is 16.1 Å². The molecule has 0 aliphatic heterocycles. The van der Waals surface area contributed by atoms with Gasteiger partial charge in [0.15, 0.2) is 0 Å². The number of ether oxygens (including phenoxy) is 1. The number of benzene rings is 1. The zero-order valence-corrected chi connectivity index (χ0v) is 12.6. The van der Waals surface area contributed by atoms with Crippen molar-refractivity contribution in [2.45, 2.75) is 30.7 Å². The lowest BCUT2D eigenvalue weighted by atomic mass is 10.2. The molecule has 2 N–H and O–H groups in total. The molecule has 5 nitrogen and oxygen atoms in total. The first-order valence-corrected chi connectivity index (χ1v) is 7.32. The number of unbranched alkanes of at least 4 members (excludes halogenated alkanes) is 1. The minimum Gasteiger partial charge on any atom is -0.480 e. The summed E-state index contributed by atoms with van der Waals surface area (Å²) >= 11 is 3.06. The number of carboxylic acid groups (broad SMARTS) is 1. The van der Waals surface area contributed by atoms with Gasteiger partial charge in [-0.2, -0.15) is 0 Å². The van der Waals surface area contributed by atoms with Gasteiger partial charge in [0.1, 0.15) is 11.4 Å². The summed E-state index contributed by atoms with van der Waals surface area (Å²) in [6.07, 6.45) is 1.52. The maximum Gasteiger partial charge on any atom is 0.407 e. The van der Waals surface area contributed by atoms with Crippen LogP contribution < -0.4 is 5.32 Å². The van der Waals surface area contributed by atoms with E-state index in [1.54, 1.807) is 0 Å². The number of carbonyl (C=O) groups is 2. The number of hydrogen-bond donors (Lipinski definition) is 2. The first kappa shape index (κ1) is 16.5. The molecule has 0 saturated heterocycles. The first-order valence-electron chi connectivity index (χ1n) is 6.41. The van der Waals surface area contributed by atoms with Crippen molar-refractivity contribution in [2.75, 3.05) is 6.54 Å². The van der Waals surface area contributed by atoms with Crippen molar-refractivity contribution in [3.8, 4) is 0 Å². The minimum atomic E-state index is -0.861. The Bertz CT molecular complexity index is 424. The van der Waals surface area contributed by atoms with Crippen LogP contribution in [0.25, 0.3) is 0 Å². The molecule has 0 radical (unpaired) electrons. The van der Waals surface area contributed by atoms with E-state index >= 15 is 0 Å². The van der Waals surface area contributed by atoms with Crippen molar-refractivity contribution >= 4 is 28.0 Å². The number of carboxylic acids is 1. The number of rotatable bonds is 8. The molecule has 0 fully saturated rings. The highest BCUT2D eigenvalue weighted by molar-refractivity contribution is 9.10. The average molecular weight is 344 g/mol. The zero-order valence-electron chi connectivity index (χ0n) is 11.0. The summed E-state index contributed by atoms with van der Waals surface area (Å²) in [6, 6.07) is 9.44. The number of amides is 1. The topological polar surface area (TPSA) is 75.6 Å². The molecule has 1 aromatic carbocycles. The van der Waals surface area contributed by atoms with Gasteiger partial charge in [0.2, 0.25) is 0 Å². The fraction of sp³-hybridized carbons (Fsp3) is 0.429. The van der Waals surface area contributed by atoms with Crippen LogP contribution in [0.5, 0.6) is 0 Å². The molecule has 0 aliphatic carbocycles. The van der Waals surface area contributed by atoms with E-state index in [1.807, 2.05) is 30.3 Å². The van der Waals surface area contributed by atoms with Crippen LogP contribution >= 0.6 is 15.9 Å². The molecular weight excluding hydrogens is 326 g/mol. The Labute approximate surface area is 126 Å². The Morgan fingerprint density at radius 3 is 2.60 bits per heavy atom. The van der Waals surface area contributed by atoms with Crippen molar-refractivity contribution in [3.05, 3.63) is 35.9 Å². The Morgan fingerprint density at radius 1 is 1.25 bits per heavy atom. The monoisotopic (exact) mass is 343 g/mol. The predicted octanol–water partition coefficient (Wildman–Crippen LogP) is 2.93. The number of halogens is 1. The molecule has 0 spiro atoms. The van der Waals surface area contributed by atoms with Crippen LogP contribution in [-0.4, -0.2) is 28.5 Å². The van der Waals surface area contributed by atoms with E-state index in [2.05, 4.69) is 21.2 Å². The zero-order chi connectivity index (χ0) is 14.8. The van der Waals surface area contributed by atoms with Gasteiger partial charge in [-0.05, 0) is 24.8 Å². The third-order valence-electron chi connectivity index (χ3n) is 2.63. The Morgan fingerprint density at radius 2 is 1.95 bits per heavy atom. The number of aliphatic carboxylic acids is 1. The summed E-state index contributed by atoms with van der Waals surface area (Å²) in [6.45, 7) is 0.724. The second-order valence-corrected chi connectivity index (χ2v) is 5.40. The van der Waals surface area contributed by atoms with Crippen LogP contribution in [0.4, 0.5) is 4.79 Å². The van der Waals surface area contributed by atoms with Gasteiger partial charge >= 0.3 is 12.1 Å². The Kier molecular flexibility index (Phi) is 7.72. The summed E-state index contributed by atoms with van der Waals surface area (Å²) in [7, 11) is 0. The summed E-state index contributed by atoms with van der Waals surface area (Å²) < 4.78 is 5.04. The molecule has 0 bridgehead atoms. The van der Waals surface area contributed by atoms with Gasteiger partial charge in [-0.1, -0.05) is 46.3 Å². The van der Waals surface area contributed by atoms with Gasteiger partial charge < -0.3 is 15.2 Å². The second-order valence-electron chi connectivity index (χ2n) is 4.29. The number of alkyl halides is 1. The maximum atomic E-state index is 11.4. The third-order valence-corrected chi connectivity index (χ3v) is 3.48. The lowest BCUT2D eigenvalue weighted by molar-refractivity contribution is -0.136. The minimum absolute atomic E-state index is 0.245. The summed E-state index contributed by atoms with van der Waals surface area (Å²) in [5.41, 5.74) is 0.936. The van der Waals surface area contributed by atoms with E-state index in [1.165, 1.54) is 0 Å². The van der Waals surface area contributed by atoms with Gasteiger partial charge in [0.25, 0.3) is 0 Å². The summed E-state index contributed by atoms with van der Waals surface area (Å²) in [4.78, 5) is 21.4. The Balaban J connectivity index is 2.05. The van der Waals surface area contributed by atoms with E-state index in [0.717, 1.165) is 18.4 Å². The van der Waals surface area contributed by atoms with Gasteiger partial charge in [-0.15, -0.1) is 0 Å². The molecule has 0 saturated carbocycles. The van der Waals surface area contributed by atoms with Crippen molar-refractivity contribution in [3.63, 3.8) is 0 Å². The molecule has 6 heteroatoms. The van der Waals surface area contributed by atoms with Crippen LogP contribution in [0.3, 0.4) is 0 Å². The molecule has 20 heavy (non-hydrogen) atoms. The SMILES string of the molecule is O=C(NCCCCC(Br)C(=O)O)OCc1ccccc1. The second kappa shape index (κ2) is 9.36. The van der Waals surface area contributed by atoms with Crippen molar-refractivity contribution in [2.24, 2.45) is 0 Å². The Hall–Kier alpha value is -1.56. The van der Waals surface area contributed by atoms with E-state index < -0.39 is 16.9 Å². The van der Waals surface area contributed by atoms with Crippen LogP contribution in [0.2, 0.25) is 0 Å². The van der Waals surface area contributed by atoms with Crippen molar-refractivity contribution in [1.29, 1.82) is 0 Å². The molecule has 110 valence electrons. The molecule has 1 rings (SSSR count). The lowest BCUT2D eigenvalue weighted by Crippen LogP contribution is -2.25. The molecule has 1 atom stereocenters. The van der Waals surface area contributed by atoms with Crippen LogP contribution in [0, 0.1) is 0 Å². The predicted molar refractivity (Wildman–Crippen MR) is 78.8 cm³/mol. The highest BCUT2D eigenvalue weighted by atomic mass is 79.9. The van der Waals surface area contributed by atoms with Gasteiger partial charge in [-0.3, -0.25) is 4.79 Å². The average Bonchev–Trinajstić information content (AvgIpc) is 2.45. The van der Waals surface area contributed by atoms with Crippen molar-refractivity contribution < 1.29 is 19.4 Å². The number of carbonyl (C=O) groups excluding carboxylic acids is 1. The molecule has 0 heterocycles. The van der Waals surface area contributed by atoms with E-state index in [4.69, 9.17) is 9.84 Å². The fourth-order valence-electron chi connectivity index (χ4n) is 1.54. The lowest BCUT2D eigenvalue weighted by Gasteiger charge is -2.07. The highest BCUT2D eigenvalue weighted by Crippen LogP contribution is 2.09. The summed E-state index contributed by atoms with van der Waals surface area (Å²) in [5, 5.41) is 11.3. The van der Waals surface area contributed by atoms with Crippen LogP contribution in [0.1, 0.15) is 24.8 Å². The van der Waals surface area contributed by atoms with E-state index in [-0.39, 0.29) is 6.61 Å². The molecular formula is C14H18BrNO4. The smallest absolute Gasteiger partial charge is 0.407 e. The first-order chi connectivity index (χ1) is 9.59. The fourth-order valence-corrected chi connectivity index (χ4v) is 1.86. The van der Waals surface area contributed by atoms with Gasteiger partial charge in [0.05, 0.1) is 0 Å². The van der Waals surface area contributed by atoms with Crippen LogP contribution in [0.15, 0.2) is 30.3 Å². The number of alkyl carbamates (subject to hydrolysis) is 1. The molecule has 1 aromatic rings. The number of hydrogen-bond acceptors (Lipinski definition) is 3. The molecule has 1 unspecified atom stereocenters. The van der Waals surface area contributed by atoms with Gasteiger partial charge in [-0.25, -0.2) is 4.79 Å². The quantitative estimate of drug-likeness (QED) is 0.562. The maximum absolute atomic E-state index is 11.4. The normalized spacial score (nSPS) is 11.7. The summed E-state index contributed by atoms with van der Waals surface area (Å²) in [5.74, 6) is -0.861. The van der Waals surface area contributed by atoms with Crippen molar-refractivity contribution in [1.82, 2.24) is 5.32 Å². The number of nitrogens with one attached hydrogen (secondary N) is 1. The van der Waals surface area contributed by atoms with E-state index in [9.17, 15) is 9.59 Å². The van der Waals surface area contributed by atoms with E-state index in [0.29, 0.717) is 13.0 Å².